The minimum absolute atomic E-state index is 1.13. The third kappa shape index (κ3) is 2.19. The van der Waals surface area contributed by atoms with Crippen molar-refractivity contribution in [2.75, 3.05) is 0 Å². The van der Waals surface area contributed by atoms with Gasteiger partial charge in [-0.15, -0.1) is 0 Å². The summed E-state index contributed by atoms with van der Waals surface area (Å²) in [7, 11) is 0. The summed E-state index contributed by atoms with van der Waals surface area (Å²) < 4.78 is 3.79. The zero-order valence-electron chi connectivity index (χ0n) is 10.8. The SMILES string of the molecule is Brc1ccc2c(I)c3c(ccc4ccccc43)c(I)c2c1. The lowest BCUT2D eigenvalue weighted by Gasteiger charge is -2.12. The van der Waals surface area contributed by atoms with E-state index >= 15 is 0 Å². The third-order valence-electron chi connectivity index (χ3n) is 3.84. The number of fused-ring (bicyclic) bond motifs is 4. The van der Waals surface area contributed by atoms with Crippen LogP contribution in [0.2, 0.25) is 0 Å². The number of hydrogen-bond acceptors (Lipinski definition) is 0. The van der Waals surface area contributed by atoms with Gasteiger partial charge in [-0.25, -0.2) is 0 Å². The molecule has 4 rings (SSSR count). The van der Waals surface area contributed by atoms with E-state index in [1.165, 1.54) is 39.5 Å². The van der Waals surface area contributed by atoms with Gasteiger partial charge >= 0.3 is 0 Å². The molecule has 0 atom stereocenters. The molecule has 0 saturated carbocycles. The summed E-state index contributed by atoms with van der Waals surface area (Å²) in [6.45, 7) is 0. The van der Waals surface area contributed by atoms with Gasteiger partial charge in [-0.3, -0.25) is 0 Å². The molecule has 4 aromatic rings. The molecule has 0 radical (unpaired) electrons. The van der Waals surface area contributed by atoms with Gasteiger partial charge in [0.25, 0.3) is 0 Å². The van der Waals surface area contributed by atoms with E-state index in [2.05, 4.69) is 116 Å². The quantitative estimate of drug-likeness (QED) is 0.122. The van der Waals surface area contributed by atoms with Crippen LogP contribution in [0.3, 0.4) is 0 Å². The predicted octanol–water partition coefficient (Wildman–Crippen LogP) is 7.12. The average Bonchev–Trinajstić information content (AvgIpc) is 2.51. The fraction of sp³-hybridized carbons (Fsp3) is 0. The molecule has 0 aliphatic carbocycles. The summed E-state index contributed by atoms with van der Waals surface area (Å²) in [5.74, 6) is 0. The van der Waals surface area contributed by atoms with Crippen molar-refractivity contribution in [3.8, 4) is 0 Å². The second-order valence-electron chi connectivity index (χ2n) is 5.03. The zero-order chi connectivity index (χ0) is 14.6. The van der Waals surface area contributed by atoms with Crippen LogP contribution < -0.4 is 0 Å². The van der Waals surface area contributed by atoms with Crippen LogP contribution in [0.5, 0.6) is 0 Å². The summed E-state index contributed by atoms with van der Waals surface area (Å²) in [5.41, 5.74) is 0. The summed E-state index contributed by atoms with van der Waals surface area (Å²) in [4.78, 5) is 0. The van der Waals surface area contributed by atoms with Gasteiger partial charge in [0.1, 0.15) is 0 Å². The van der Waals surface area contributed by atoms with E-state index in [0.29, 0.717) is 0 Å². The van der Waals surface area contributed by atoms with Gasteiger partial charge in [0.15, 0.2) is 0 Å². The molecule has 0 spiro atoms. The predicted molar refractivity (Wildman–Crippen MR) is 112 cm³/mol. The monoisotopic (exact) mass is 558 g/mol. The van der Waals surface area contributed by atoms with Crippen molar-refractivity contribution in [3.05, 3.63) is 66.2 Å². The highest BCUT2D eigenvalue weighted by atomic mass is 127. The van der Waals surface area contributed by atoms with E-state index in [1.54, 1.807) is 0 Å². The van der Waals surface area contributed by atoms with Gasteiger partial charge in [-0.2, -0.15) is 0 Å². The molecule has 0 nitrogen and oxygen atoms in total. The van der Waals surface area contributed by atoms with E-state index in [9.17, 15) is 0 Å². The largest absolute Gasteiger partial charge is 0.0616 e. The Balaban J connectivity index is 2.35. The maximum atomic E-state index is 3.59. The van der Waals surface area contributed by atoms with E-state index in [0.717, 1.165) is 4.47 Å². The first kappa shape index (κ1) is 14.2. The molecule has 3 heteroatoms. The van der Waals surface area contributed by atoms with Crippen molar-refractivity contribution in [3.63, 3.8) is 0 Å². The van der Waals surface area contributed by atoms with Crippen molar-refractivity contribution < 1.29 is 0 Å². The van der Waals surface area contributed by atoms with Crippen LogP contribution in [0.15, 0.2) is 59.1 Å². The Morgan fingerprint density at radius 1 is 0.667 bits per heavy atom. The molecular weight excluding hydrogens is 550 g/mol. The van der Waals surface area contributed by atoms with Crippen LogP contribution in [0.1, 0.15) is 0 Å². The third-order valence-corrected chi connectivity index (χ3v) is 6.62. The van der Waals surface area contributed by atoms with Crippen molar-refractivity contribution >= 4 is 93.4 Å². The molecule has 0 bridgehead atoms. The van der Waals surface area contributed by atoms with Crippen molar-refractivity contribution in [2.45, 2.75) is 0 Å². The Kier molecular flexibility index (Phi) is 3.62. The highest BCUT2D eigenvalue weighted by Crippen LogP contribution is 2.39. The van der Waals surface area contributed by atoms with Gasteiger partial charge in [-0.1, -0.05) is 58.4 Å². The fourth-order valence-corrected chi connectivity index (χ4v) is 5.17. The maximum Gasteiger partial charge on any atom is 0.0294 e. The molecule has 0 unspecified atom stereocenters. The van der Waals surface area contributed by atoms with Crippen LogP contribution in [0.25, 0.3) is 32.3 Å². The van der Waals surface area contributed by atoms with Gasteiger partial charge in [-0.05, 0) is 84.2 Å². The molecular formula is C18H9BrI2. The van der Waals surface area contributed by atoms with Gasteiger partial charge < -0.3 is 0 Å². The molecule has 102 valence electrons. The molecule has 0 aliphatic heterocycles. The highest BCUT2D eigenvalue weighted by molar-refractivity contribution is 14.1. The van der Waals surface area contributed by atoms with E-state index in [-0.39, 0.29) is 0 Å². The number of benzene rings is 4. The van der Waals surface area contributed by atoms with Gasteiger partial charge in [0.2, 0.25) is 0 Å². The molecule has 0 fully saturated rings. The smallest absolute Gasteiger partial charge is 0.0294 e. The topological polar surface area (TPSA) is 0 Å². The molecule has 0 saturated heterocycles. The van der Waals surface area contributed by atoms with Crippen LogP contribution >= 0.6 is 61.1 Å². The van der Waals surface area contributed by atoms with Crippen LogP contribution in [-0.4, -0.2) is 0 Å². The number of halogens is 3. The molecule has 21 heavy (non-hydrogen) atoms. The normalized spacial score (nSPS) is 11.6. The minimum atomic E-state index is 1.13. The minimum Gasteiger partial charge on any atom is -0.0616 e. The van der Waals surface area contributed by atoms with E-state index in [4.69, 9.17) is 0 Å². The van der Waals surface area contributed by atoms with Crippen LogP contribution in [-0.2, 0) is 0 Å². The second kappa shape index (κ2) is 5.35. The Labute approximate surface area is 158 Å². The maximum absolute atomic E-state index is 3.59. The Morgan fingerprint density at radius 2 is 1.43 bits per heavy atom. The fourth-order valence-electron chi connectivity index (χ4n) is 2.86. The molecule has 0 amide bonds. The first-order valence-corrected chi connectivity index (χ1v) is 9.49. The highest BCUT2D eigenvalue weighted by Gasteiger charge is 2.13. The van der Waals surface area contributed by atoms with Gasteiger partial charge in [0.05, 0.1) is 0 Å². The van der Waals surface area contributed by atoms with E-state index < -0.39 is 0 Å². The van der Waals surface area contributed by atoms with Crippen molar-refractivity contribution in [2.24, 2.45) is 0 Å². The summed E-state index contributed by atoms with van der Waals surface area (Å²) in [6.07, 6.45) is 0. The number of hydrogen-bond donors (Lipinski definition) is 0. The summed E-state index contributed by atoms with van der Waals surface area (Å²) >= 11 is 8.56. The molecule has 0 N–H and O–H groups in total. The molecule has 0 heterocycles. The zero-order valence-corrected chi connectivity index (χ0v) is 16.7. The second-order valence-corrected chi connectivity index (χ2v) is 8.10. The van der Waals surface area contributed by atoms with Crippen molar-refractivity contribution in [1.29, 1.82) is 0 Å². The van der Waals surface area contributed by atoms with Crippen LogP contribution in [0, 0.1) is 7.14 Å². The first-order valence-electron chi connectivity index (χ1n) is 6.54. The average molecular weight is 559 g/mol. The Hall–Kier alpha value is -0.400. The Bertz CT molecular complexity index is 1020. The lowest BCUT2D eigenvalue weighted by molar-refractivity contribution is 1.69. The molecule has 0 aromatic heterocycles. The van der Waals surface area contributed by atoms with Gasteiger partial charge in [0, 0.05) is 17.0 Å². The van der Waals surface area contributed by atoms with Crippen molar-refractivity contribution in [1.82, 2.24) is 0 Å². The lowest BCUT2D eigenvalue weighted by Crippen LogP contribution is -1.89. The van der Waals surface area contributed by atoms with E-state index in [1.807, 2.05) is 0 Å². The molecule has 0 aliphatic rings. The summed E-state index contributed by atoms with van der Waals surface area (Å²) in [6, 6.07) is 19.7. The summed E-state index contributed by atoms with van der Waals surface area (Å²) in [5, 5.41) is 7.98. The molecule has 4 aromatic carbocycles. The van der Waals surface area contributed by atoms with Crippen LogP contribution in [0.4, 0.5) is 0 Å². The first-order chi connectivity index (χ1) is 10.2. The Morgan fingerprint density at radius 3 is 2.29 bits per heavy atom. The lowest BCUT2D eigenvalue weighted by atomic mass is 9.98. The standard InChI is InChI=1S/C18H9BrI2/c19-11-6-8-13-15(9-11)17(20)14-7-5-10-3-1-2-4-12(10)16(14)18(13)21/h1-9H. The number of rotatable bonds is 0.